The molecule has 1 saturated carbocycles. The molecule has 0 spiro atoms. The van der Waals surface area contributed by atoms with Gasteiger partial charge in [0, 0.05) is 6.54 Å². The van der Waals surface area contributed by atoms with Gasteiger partial charge in [-0.2, -0.15) is 0 Å². The van der Waals surface area contributed by atoms with Crippen molar-refractivity contribution in [1.82, 2.24) is 10.6 Å². The Hall–Kier alpha value is -0.570. The van der Waals surface area contributed by atoms with Gasteiger partial charge in [0.25, 0.3) is 0 Å². The van der Waals surface area contributed by atoms with Crippen LogP contribution in [0.3, 0.4) is 0 Å². The molecule has 0 aromatic carbocycles. The fraction of sp³-hybridized carbons (Fsp3) is 0.929. The monoisotopic (exact) mass is 238 g/mol. The van der Waals surface area contributed by atoms with E-state index in [1.54, 1.807) is 0 Å². The van der Waals surface area contributed by atoms with Crippen molar-refractivity contribution in [2.75, 3.05) is 13.1 Å². The van der Waals surface area contributed by atoms with Gasteiger partial charge in [0.2, 0.25) is 5.91 Å². The van der Waals surface area contributed by atoms with Crippen LogP contribution in [-0.2, 0) is 4.79 Å². The molecule has 3 heteroatoms. The van der Waals surface area contributed by atoms with Crippen molar-refractivity contribution in [2.24, 2.45) is 11.3 Å². The van der Waals surface area contributed by atoms with E-state index in [9.17, 15) is 4.79 Å². The predicted octanol–water partition coefficient (Wildman–Crippen LogP) is 2.07. The van der Waals surface area contributed by atoms with Gasteiger partial charge in [-0.05, 0) is 43.6 Å². The second-order valence-electron chi connectivity index (χ2n) is 6.34. The van der Waals surface area contributed by atoms with E-state index in [0.717, 1.165) is 31.8 Å². The molecule has 2 N–H and O–H groups in total. The van der Waals surface area contributed by atoms with E-state index in [1.165, 1.54) is 25.7 Å². The quantitative estimate of drug-likeness (QED) is 0.787. The molecule has 2 fully saturated rings. The van der Waals surface area contributed by atoms with E-state index in [2.05, 4.69) is 24.5 Å². The molecule has 17 heavy (non-hydrogen) atoms. The van der Waals surface area contributed by atoms with Gasteiger partial charge in [0.05, 0.1) is 6.04 Å². The summed E-state index contributed by atoms with van der Waals surface area (Å²) in [5.41, 5.74) is 0.255. The number of carbonyl (C=O) groups is 1. The van der Waals surface area contributed by atoms with Gasteiger partial charge in [-0.3, -0.25) is 4.79 Å². The zero-order chi connectivity index (χ0) is 12.3. The highest BCUT2D eigenvalue weighted by atomic mass is 16.2. The van der Waals surface area contributed by atoms with Gasteiger partial charge >= 0.3 is 0 Å². The van der Waals surface area contributed by atoms with Gasteiger partial charge in [0.1, 0.15) is 0 Å². The lowest BCUT2D eigenvalue weighted by Gasteiger charge is -2.32. The summed E-state index contributed by atoms with van der Waals surface area (Å²) in [6.07, 6.45) is 7.54. The summed E-state index contributed by atoms with van der Waals surface area (Å²) >= 11 is 0. The van der Waals surface area contributed by atoms with Gasteiger partial charge in [-0.15, -0.1) is 0 Å². The van der Waals surface area contributed by atoms with Gasteiger partial charge in [-0.1, -0.05) is 26.7 Å². The Kier molecular flexibility index (Phi) is 4.08. The number of hydrogen-bond acceptors (Lipinski definition) is 2. The maximum atomic E-state index is 11.9. The van der Waals surface area contributed by atoms with Crippen LogP contribution in [0.1, 0.15) is 52.4 Å². The zero-order valence-electron chi connectivity index (χ0n) is 11.2. The lowest BCUT2D eigenvalue weighted by molar-refractivity contribution is -0.123. The standard InChI is InChI=1S/C14H26N2O/c1-14(2,11-6-3-4-7-11)10-16-13(17)12-8-5-9-15-12/h11-12,15H,3-10H2,1-2H3,(H,16,17). The minimum Gasteiger partial charge on any atom is -0.354 e. The molecule has 1 atom stereocenters. The predicted molar refractivity (Wildman–Crippen MR) is 69.8 cm³/mol. The highest BCUT2D eigenvalue weighted by Crippen LogP contribution is 2.38. The molecular formula is C14H26N2O. The zero-order valence-corrected chi connectivity index (χ0v) is 11.2. The minimum atomic E-state index is 0.0642. The van der Waals surface area contributed by atoms with E-state index >= 15 is 0 Å². The number of hydrogen-bond donors (Lipinski definition) is 2. The summed E-state index contributed by atoms with van der Waals surface area (Å²) < 4.78 is 0. The third kappa shape index (κ3) is 3.21. The molecule has 1 heterocycles. The largest absolute Gasteiger partial charge is 0.354 e. The van der Waals surface area contributed by atoms with Crippen molar-refractivity contribution < 1.29 is 4.79 Å². The van der Waals surface area contributed by atoms with Crippen LogP contribution in [0.25, 0.3) is 0 Å². The summed E-state index contributed by atoms with van der Waals surface area (Å²) in [5.74, 6) is 0.993. The molecule has 98 valence electrons. The van der Waals surface area contributed by atoms with Crippen LogP contribution >= 0.6 is 0 Å². The first-order valence-electron chi connectivity index (χ1n) is 7.11. The van der Waals surface area contributed by atoms with E-state index in [0.29, 0.717) is 0 Å². The fourth-order valence-corrected chi connectivity index (χ4v) is 3.20. The Morgan fingerprint density at radius 3 is 2.53 bits per heavy atom. The van der Waals surface area contributed by atoms with Gasteiger partial charge in [-0.25, -0.2) is 0 Å². The van der Waals surface area contributed by atoms with Crippen LogP contribution in [0, 0.1) is 11.3 Å². The highest BCUT2D eigenvalue weighted by molar-refractivity contribution is 5.82. The lowest BCUT2D eigenvalue weighted by Crippen LogP contribution is -2.45. The maximum absolute atomic E-state index is 11.9. The summed E-state index contributed by atoms with van der Waals surface area (Å²) in [6, 6.07) is 0.0642. The topological polar surface area (TPSA) is 41.1 Å². The van der Waals surface area contributed by atoms with Crippen LogP contribution in [0.4, 0.5) is 0 Å². The summed E-state index contributed by atoms with van der Waals surface area (Å²) in [5, 5.41) is 6.39. The highest BCUT2D eigenvalue weighted by Gasteiger charge is 2.32. The normalized spacial score (nSPS) is 26.4. The third-order valence-electron chi connectivity index (χ3n) is 4.56. The fourth-order valence-electron chi connectivity index (χ4n) is 3.20. The maximum Gasteiger partial charge on any atom is 0.237 e. The van der Waals surface area contributed by atoms with Crippen molar-refractivity contribution in [1.29, 1.82) is 0 Å². The van der Waals surface area contributed by atoms with Gasteiger partial charge in [0.15, 0.2) is 0 Å². The van der Waals surface area contributed by atoms with Crippen molar-refractivity contribution in [2.45, 2.75) is 58.4 Å². The number of amides is 1. The van der Waals surface area contributed by atoms with Crippen LogP contribution in [0.15, 0.2) is 0 Å². The number of nitrogens with one attached hydrogen (secondary N) is 2. The van der Waals surface area contributed by atoms with E-state index in [1.807, 2.05) is 0 Å². The van der Waals surface area contributed by atoms with Gasteiger partial charge < -0.3 is 10.6 Å². The third-order valence-corrected chi connectivity index (χ3v) is 4.56. The van der Waals surface area contributed by atoms with Crippen molar-refractivity contribution >= 4 is 5.91 Å². The van der Waals surface area contributed by atoms with E-state index < -0.39 is 0 Å². The van der Waals surface area contributed by atoms with Crippen LogP contribution in [-0.4, -0.2) is 25.0 Å². The molecule has 1 saturated heterocycles. The van der Waals surface area contributed by atoms with Crippen molar-refractivity contribution in [3.8, 4) is 0 Å². The SMILES string of the molecule is CC(C)(CNC(=O)C1CCCN1)C1CCCC1. The van der Waals surface area contributed by atoms with Crippen molar-refractivity contribution in [3.63, 3.8) is 0 Å². The molecule has 0 aromatic heterocycles. The minimum absolute atomic E-state index is 0.0642. The van der Waals surface area contributed by atoms with E-state index in [4.69, 9.17) is 0 Å². The summed E-state index contributed by atoms with van der Waals surface area (Å²) in [4.78, 5) is 11.9. The molecule has 2 rings (SSSR count). The molecule has 1 aliphatic carbocycles. The molecule has 2 aliphatic rings. The first-order chi connectivity index (χ1) is 8.09. The first-order valence-corrected chi connectivity index (χ1v) is 7.11. The smallest absolute Gasteiger partial charge is 0.237 e. The molecule has 0 bridgehead atoms. The Labute approximate surface area is 105 Å². The summed E-state index contributed by atoms with van der Waals surface area (Å²) in [6.45, 7) is 6.41. The molecule has 3 nitrogen and oxygen atoms in total. The van der Waals surface area contributed by atoms with Crippen molar-refractivity contribution in [3.05, 3.63) is 0 Å². The molecular weight excluding hydrogens is 212 g/mol. The second kappa shape index (κ2) is 5.38. The molecule has 1 aliphatic heterocycles. The molecule has 1 amide bonds. The summed E-state index contributed by atoms with van der Waals surface area (Å²) in [7, 11) is 0. The Morgan fingerprint density at radius 1 is 1.24 bits per heavy atom. The molecule has 0 radical (unpaired) electrons. The number of rotatable bonds is 4. The van der Waals surface area contributed by atoms with Crippen LogP contribution in [0.5, 0.6) is 0 Å². The number of carbonyl (C=O) groups excluding carboxylic acids is 1. The lowest BCUT2D eigenvalue weighted by atomic mass is 9.77. The Bertz CT molecular complexity index is 263. The van der Waals surface area contributed by atoms with Crippen LogP contribution < -0.4 is 10.6 Å². The Morgan fingerprint density at radius 2 is 1.94 bits per heavy atom. The molecule has 0 aromatic rings. The average Bonchev–Trinajstić information content (AvgIpc) is 2.97. The second-order valence-corrected chi connectivity index (χ2v) is 6.34. The first kappa shape index (κ1) is 12.9. The average molecular weight is 238 g/mol. The Balaban J connectivity index is 1.77. The van der Waals surface area contributed by atoms with E-state index in [-0.39, 0.29) is 17.4 Å². The van der Waals surface area contributed by atoms with Crippen LogP contribution in [0.2, 0.25) is 0 Å². The molecule has 1 unspecified atom stereocenters.